The van der Waals surface area contributed by atoms with E-state index in [1.165, 1.54) is 24.8 Å². The summed E-state index contributed by atoms with van der Waals surface area (Å²) in [6.07, 6.45) is 0. The van der Waals surface area contributed by atoms with Crippen molar-refractivity contribution in [3.8, 4) is 0 Å². The first kappa shape index (κ1) is 18.3. The molecule has 2 aromatic rings. The number of nitrogens with one attached hydrogen (secondary N) is 1. The molecule has 0 bridgehead atoms. The zero-order chi connectivity index (χ0) is 17.7. The van der Waals surface area contributed by atoms with Crippen molar-refractivity contribution in [2.45, 2.75) is 12.7 Å². The number of anilines is 1. The SMILES string of the molecule is Cc1c(F)cc(C(N)=O)cc1NC(=O)CSCc1ccc(Cl)cc1. The Balaban J connectivity index is 1.94. The van der Waals surface area contributed by atoms with E-state index in [1.807, 2.05) is 12.1 Å². The number of thioether (sulfide) groups is 1. The van der Waals surface area contributed by atoms with Crippen LogP contribution >= 0.6 is 23.4 Å². The first-order valence-corrected chi connectivity index (χ1v) is 8.62. The van der Waals surface area contributed by atoms with Crippen LogP contribution in [0.25, 0.3) is 0 Å². The molecule has 126 valence electrons. The summed E-state index contributed by atoms with van der Waals surface area (Å²) in [7, 11) is 0. The van der Waals surface area contributed by atoms with Crippen LogP contribution in [0.4, 0.5) is 10.1 Å². The average molecular weight is 367 g/mol. The van der Waals surface area contributed by atoms with E-state index in [0.717, 1.165) is 11.6 Å². The molecule has 0 unspecified atom stereocenters. The van der Waals surface area contributed by atoms with Crippen molar-refractivity contribution < 1.29 is 14.0 Å². The number of amides is 2. The van der Waals surface area contributed by atoms with Crippen LogP contribution < -0.4 is 11.1 Å². The number of halogens is 2. The van der Waals surface area contributed by atoms with Gasteiger partial charge in [0.05, 0.1) is 5.75 Å². The number of carbonyl (C=O) groups is 2. The van der Waals surface area contributed by atoms with Gasteiger partial charge in [-0.15, -0.1) is 11.8 Å². The second-order valence-corrected chi connectivity index (χ2v) is 6.58. The number of nitrogens with two attached hydrogens (primary N) is 1. The highest BCUT2D eigenvalue weighted by atomic mass is 35.5. The highest BCUT2D eigenvalue weighted by molar-refractivity contribution is 7.99. The van der Waals surface area contributed by atoms with Gasteiger partial charge in [-0.3, -0.25) is 9.59 Å². The molecule has 0 radical (unpaired) electrons. The van der Waals surface area contributed by atoms with Crippen LogP contribution in [-0.2, 0) is 10.5 Å². The number of primary amides is 1. The minimum absolute atomic E-state index is 0.0159. The fourth-order valence-electron chi connectivity index (χ4n) is 1.98. The molecule has 0 heterocycles. The van der Waals surface area contributed by atoms with E-state index in [1.54, 1.807) is 12.1 Å². The summed E-state index contributed by atoms with van der Waals surface area (Å²) in [6, 6.07) is 9.80. The van der Waals surface area contributed by atoms with E-state index in [2.05, 4.69) is 5.32 Å². The molecule has 3 N–H and O–H groups in total. The van der Waals surface area contributed by atoms with E-state index in [4.69, 9.17) is 17.3 Å². The highest BCUT2D eigenvalue weighted by Gasteiger charge is 2.12. The lowest BCUT2D eigenvalue weighted by molar-refractivity contribution is -0.113. The molecule has 0 atom stereocenters. The van der Waals surface area contributed by atoms with E-state index in [0.29, 0.717) is 10.8 Å². The predicted molar refractivity (Wildman–Crippen MR) is 95.9 cm³/mol. The van der Waals surface area contributed by atoms with E-state index in [9.17, 15) is 14.0 Å². The van der Waals surface area contributed by atoms with Gasteiger partial charge >= 0.3 is 0 Å². The van der Waals surface area contributed by atoms with Gasteiger partial charge in [0, 0.05) is 27.6 Å². The normalized spacial score (nSPS) is 10.5. The minimum Gasteiger partial charge on any atom is -0.366 e. The van der Waals surface area contributed by atoms with Crippen molar-refractivity contribution >= 4 is 40.9 Å². The number of carbonyl (C=O) groups excluding carboxylic acids is 2. The summed E-state index contributed by atoms with van der Waals surface area (Å²) >= 11 is 7.23. The largest absolute Gasteiger partial charge is 0.366 e. The third kappa shape index (κ3) is 4.97. The topological polar surface area (TPSA) is 72.2 Å². The molecule has 0 spiro atoms. The van der Waals surface area contributed by atoms with E-state index >= 15 is 0 Å². The van der Waals surface area contributed by atoms with Gasteiger partial charge in [0.1, 0.15) is 5.82 Å². The van der Waals surface area contributed by atoms with Gasteiger partial charge in [0.25, 0.3) is 0 Å². The van der Waals surface area contributed by atoms with E-state index in [-0.39, 0.29) is 28.5 Å². The lowest BCUT2D eigenvalue weighted by Crippen LogP contribution is -2.17. The summed E-state index contributed by atoms with van der Waals surface area (Å²) in [5.41, 5.74) is 6.73. The number of hydrogen-bond acceptors (Lipinski definition) is 3. The molecule has 2 amide bonds. The Hall–Kier alpha value is -2.05. The monoisotopic (exact) mass is 366 g/mol. The second-order valence-electron chi connectivity index (χ2n) is 5.16. The summed E-state index contributed by atoms with van der Waals surface area (Å²) in [4.78, 5) is 23.2. The molecule has 0 aliphatic carbocycles. The first-order chi connectivity index (χ1) is 11.4. The van der Waals surface area contributed by atoms with Crippen molar-refractivity contribution in [2.75, 3.05) is 11.1 Å². The van der Waals surface area contributed by atoms with Gasteiger partial charge in [-0.1, -0.05) is 23.7 Å². The fraction of sp³-hybridized carbons (Fsp3) is 0.176. The predicted octanol–water partition coefficient (Wildman–Crippen LogP) is 3.76. The smallest absolute Gasteiger partial charge is 0.248 e. The number of hydrogen-bond donors (Lipinski definition) is 2. The van der Waals surface area contributed by atoms with Crippen molar-refractivity contribution in [2.24, 2.45) is 5.73 Å². The van der Waals surface area contributed by atoms with E-state index < -0.39 is 11.7 Å². The lowest BCUT2D eigenvalue weighted by atomic mass is 10.1. The third-order valence-electron chi connectivity index (χ3n) is 3.32. The van der Waals surface area contributed by atoms with Crippen molar-refractivity contribution in [1.82, 2.24) is 0 Å². The Morgan fingerprint density at radius 3 is 2.54 bits per heavy atom. The quantitative estimate of drug-likeness (QED) is 0.817. The number of benzene rings is 2. The Kier molecular flexibility index (Phi) is 6.23. The van der Waals surface area contributed by atoms with Gasteiger partial charge in [0.15, 0.2) is 0 Å². The van der Waals surface area contributed by atoms with Gasteiger partial charge in [-0.2, -0.15) is 0 Å². The van der Waals surface area contributed by atoms with Crippen LogP contribution in [0.1, 0.15) is 21.5 Å². The first-order valence-electron chi connectivity index (χ1n) is 7.09. The summed E-state index contributed by atoms with van der Waals surface area (Å²) in [5.74, 6) is -0.765. The Morgan fingerprint density at radius 2 is 1.92 bits per heavy atom. The molecule has 0 saturated heterocycles. The van der Waals surface area contributed by atoms with Gasteiger partial charge < -0.3 is 11.1 Å². The standard InChI is InChI=1S/C17H16ClFN2O2S/c1-10-14(19)6-12(17(20)23)7-15(10)21-16(22)9-24-8-11-2-4-13(18)5-3-11/h2-7H,8-9H2,1H3,(H2,20,23)(H,21,22). The Bertz CT molecular complexity index is 766. The molecule has 0 saturated carbocycles. The lowest BCUT2D eigenvalue weighted by Gasteiger charge is -2.10. The van der Waals surface area contributed by atoms with Gasteiger partial charge in [-0.05, 0) is 36.8 Å². The van der Waals surface area contributed by atoms with Crippen LogP contribution in [0.5, 0.6) is 0 Å². The molecular formula is C17H16ClFN2O2S. The van der Waals surface area contributed by atoms with Crippen molar-refractivity contribution in [3.05, 3.63) is 63.9 Å². The maximum Gasteiger partial charge on any atom is 0.248 e. The zero-order valence-corrected chi connectivity index (χ0v) is 14.5. The summed E-state index contributed by atoms with van der Waals surface area (Å²) < 4.78 is 13.8. The van der Waals surface area contributed by atoms with Crippen LogP contribution in [0.15, 0.2) is 36.4 Å². The zero-order valence-electron chi connectivity index (χ0n) is 12.9. The summed E-state index contributed by atoms with van der Waals surface area (Å²) in [5, 5.41) is 3.27. The van der Waals surface area contributed by atoms with Gasteiger partial charge in [0.2, 0.25) is 11.8 Å². The third-order valence-corrected chi connectivity index (χ3v) is 4.57. The van der Waals surface area contributed by atoms with Crippen LogP contribution in [0.2, 0.25) is 5.02 Å². The minimum atomic E-state index is -0.749. The van der Waals surface area contributed by atoms with Crippen molar-refractivity contribution in [1.29, 1.82) is 0 Å². The molecule has 7 heteroatoms. The molecule has 0 fully saturated rings. The number of rotatable bonds is 6. The van der Waals surface area contributed by atoms with Crippen LogP contribution in [-0.4, -0.2) is 17.6 Å². The Labute approximate surface area is 148 Å². The van der Waals surface area contributed by atoms with Gasteiger partial charge in [-0.25, -0.2) is 4.39 Å². The fourth-order valence-corrected chi connectivity index (χ4v) is 2.89. The molecular weight excluding hydrogens is 351 g/mol. The van der Waals surface area contributed by atoms with Crippen molar-refractivity contribution in [3.63, 3.8) is 0 Å². The maximum absolute atomic E-state index is 13.8. The second kappa shape index (κ2) is 8.17. The molecule has 2 rings (SSSR count). The molecule has 0 aromatic heterocycles. The highest BCUT2D eigenvalue weighted by Crippen LogP contribution is 2.21. The molecule has 0 aliphatic heterocycles. The average Bonchev–Trinajstić information content (AvgIpc) is 2.53. The molecule has 0 aliphatic rings. The maximum atomic E-state index is 13.8. The van der Waals surface area contributed by atoms with Crippen LogP contribution in [0, 0.1) is 12.7 Å². The Morgan fingerprint density at radius 1 is 1.25 bits per heavy atom. The summed E-state index contributed by atoms with van der Waals surface area (Å²) in [6.45, 7) is 1.52. The molecule has 2 aromatic carbocycles. The molecule has 4 nitrogen and oxygen atoms in total. The van der Waals surface area contributed by atoms with Crippen LogP contribution in [0.3, 0.4) is 0 Å². The molecule has 24 heavy (non-hydrogen) atoms.